The number of morpholine rings is 1. The molecule has 2 atom stereocenters. The zero-order chi connectivity index (χ0) is 18.5. The van der Waals surface area contributed by atoms with Crippen molar-refractivity contribution < 1.29 is 9.53 Å². The highest BCUT2D eigenvalue weighted by Crippen LogP contribution is 2.28. The van der Waals surface area contributed by atoms with E-state index in [0.29, 0.717) is 6.54 Å². The highest BCUT2D eigenvalue weighted by Gasteiger charge is 2.24. The average molecular weight is 353 g/mol. The Bertz CT molecular complexity index is 752. The summed E-state index contributed by atoms with van der Waals surface area (Å²) in [6.45, 7) is 8.33. The monoisotopic (exact) mass is 353 g/mol. The number of para-hydroxylation sites is 2. The zero-order valence-corrected chi connectivity index (χ0v) is 15.7. The largest absolute Gasteiger partial charge is 0.372 e. The van der Waals surface area contributed by atoms with Gasteiger partial charge in [-0.2, -0.15) is 0 Å². The van der Waals surface area contributed by atoms with Gasteiger partial charge in [-0.15, -0.1) is 0 Å². The minimum Gasteiger partial charge on any atom is -0.372 e. The Morgan fingerprint density at radius 3 is 2.58 bits per heavy atom. The number of carbonyl (C=O) groups is 1. The Labute approximate surface area is 155 Å². The van der Waals surface area contributed by atoms with Crippen molar-refractivity contribution in [3.8, 4) is 0 Å². The van der Waals surface area contributed by atoms with Gasteiger partial charge in [0.1, 0.15) is 0 Å². The molecule has 138 valence electrons. The van der Waals surface area contributed by atoms with Crippen LogP contribution in [-0.4, -0.2) is 31.3 Å². The molecule has 2 N–H and O–H groups in total. The van der Waals surface area contributed by atoms with Gasteiger partial charge in [0.2, 0.25) is 0 Å². The van der Waals surface area contributed by atoms with Crippen molar-refractivity contribution in [2.75, 3.05) is 23.3 Å². The second-order valence-electron chi connectivity index (χ2n) is 6.98. The fraction of sp³-hybridized carbons (Fsp3) is 0.381. The van der Waals surface area contributed by atoms with Gasteiger partial charge in [0, 0.05) is 19.6 Å². The quantitative estimate of drug-likeness (QED) is 0.876. The molecule has 1 aliphatic heterocycles. The maximum atomic E-state index is 12.4. The molecule has 0 bridgehead atoms. The summed E-state index contributed by atoms with van der Waals surface area (Å²) in [4.78, 5) is 14.6. The van der Waals surface area contributed by atoms with E-state index in [1.807, 2.05) is 49.4 Å². The first-order chi connectivity index (χ1) is 12.5. The number of nitrogens with zero attached hydrogens (tertiary/aromatic N) is 1. The van der Waals surface area contributed by atoms with Gasteiger partial charge in [0.25, 0.3) is 0 Å². The van der Waals surface area contributed by atoms with Crippen molar-refractivity contribution in [3.63, 3.8) is 0 Å². The lowest BCUT2D eigenvalue weighted by Gasteiger charge is -2.37. The van der Waals surface area contributed by atoms with Crippen molar-refractivity contribution in [2.24, 2.45) is 0 Å². The normalized spacial score (nSPS) is 19.9. The lowest BCUT2D eigenvalue weighted by atomic mass is 10.1. The summed E-state index contributed by atoms with van der Waals surface area (Å²) >= 11 is 0. The Hall–Kier alpha value is -2.53. The predicted octanol–water partition coefficient (Wildman–Crippen LogP) is 3.93. The number of amides is 2. The number of nitrogens with one attached hydrogen (secondary N) is 2. The summed E-state index contributed by atoms with van der Waals surface area (Å²) in [6.07, 6.45) is 0.337. The van der Waals surface area contributed by atoms with Crippen molar-refractivity contribution in [2.45, 2.75) is 39.5 Å². The molecule has 0 aliphatic carbocycles. The molecule has 1 aliphatic rings. The Balaban J connectivity index is 1.65. The van der Waals surface area contributed by atoms with Crippen LogP contribution in [0.2, 0.25) is 0 Å². The molecule has 5 heteroatoms. The van der Waals surface area contributed by atoms with Gasteiger partial charge in [-0.05, 0) is 38.5 Å². The van der Waals surface area contributed by atoms with Crippen LogP contribution in [0.5, 0.6) is 0 Å². The maximum Gasteiger partial charge on any atom is 0.319 e. The molecule has 0 spiro atoms. The Kier molecular flexibility index (Phi) is 5.78. The van der Waals surface area contributed by atoms with Crippen molar-refractivity contribution in [1.82, 2.24) is 5.32 Å². The van der Waals surface area contributed by atoms with E-state index in [0.717, 1.165) is 30.0 Å². The molecule has 2 aromatic carbocycles. The minimum absolute atomic E-state index is 0.168. The number of benzene rings is 2. The van der Waals surface area contributed by atoms with Gasteiger partial charge < -0.3 is 20.3 Å². The molecule has 0 aromatic heterocycles. The van der Waals surface area contributed by atoms with Crippen LogP contribution in [0.3, 0.4) is 0 Å². The lowest BCUT2D eigenvalue weighted by Crippen LogP contribution is -2.45. The molecular weight excluding hydrogens is 326 g/mol. The van der Waals surface area contributed by atoms with Gasteiger partial charge >= 0.3 is 6.03 Å². The van der Waals surface area contributed by atoms with E-state index >= 15 is 0 Å². The molecule has 2 aromatic rings. The van der Waals surface area contributed by atoms with E-state index in [4.69, 9.17) is 4.74 Å². The fourth-order valence-corrected chi connectivity index (χ4v) is 3.40. The van der Waals surface area contributed by atoms with E-state index in [1.165, 1.54) is 5.56 Å². The first-order valence-electron chi connectivity index (χ1n) is 9.11. The second kappa shape index (κ2) is 8.23. The number of urea groups is 1. The zero-order valence-electron chi connectivity index (χ0n) is 15.7. The molecule has 5 nitrogen and oxygen atoms in total. The van der Waals surface area contributed by atoms with E-state index in [2.05, 4.69) is 35.4 Å². The first kappa shape index (κ1) is 18.3. The number of aryl methyl sites for hydroxylation is 1. The fourth-order valence-electron chi connectivity index (χ4n) is 3.40. The molecule has 26 heavy (non-hydrogen) atoms. The third kappa shape index (κ3) is 4.76. The van der Waals surface area contributed by atoms with Gasteiger partial charge in [-0.1, -0.05) is 42.0 Å². The van der Waals surface area contributed by atoms with Crippen LogP contribution in [-0.2, 0) is 11.3 Å². The van der Waals surface area contributed by atoms with Crippen molar-refractivity contribution in [3.05, 3.63) is 59.7 Å². The van der Waals surface area contributed by atoms with Crippen LogP contribution >= 0.6 is 0 Å². The Morgan fingerprint density at radius 1 is 1.12 bits per heavy atom. The topological polar surface area (TPSA) is 53.6 Å². The molecule has 1 heterocycles. The van der Waals surface area contributed by atoms with E-state index in [1.54, 1.807) is 0 Å². The first-order valence-corrected chi connectivity index (χ1v) is 9.11. The van der Waals surface area contributed by atoms with E-state index < -0.39 is 0 Å². The van der Waals surface area contributed by atoms with Gasteiger partial charge in [0.05, 0.1) is 23.6 Å². The average Bonchev–Trinajstić information content (AvgIpc) is 2.60. The number of carbonyl (C=O) groups excluding carboxylic acids is 1. The highest BCUT2D eigenvalue weighted by molar-refractivity contribution is 5.93. The van der Waals surface area contributed by atoms with Gasteiger partial charge in [-0.3, -0.25) is 0 Å². The number of ether oxygens (including phenoxy) is 1. The molecule has 2 unspecified atom stereocenters. The Morgan fingerprint density at radius 2 is 1.85 bits per heavy atom. The standard InChI is InChI=1S/C21H27N3O2/c1-15-7-6-8-18(11-15)12-22-21(25)23-19-9-4-5-10-20(19)24-13-16(2)26-17(3)14-24/h4-11,16-17H,12-14H2,1-3H3,(H2,22,23,25). The van der Waals surface area contributed by atoms with Crippen LogP contribution in [0.25, 0.3) is 0 Å². The SMILES string of the molecule is Cc1cccc(CNC(=O)Nc2ccccc2N2CC(C)OC(C)C2)c1. The molecule has 1 fully saturated rings. The van der Waals surface area contributed by atoms with Crippen molar-refractivity contribution >= 4 is 17.4 Å². The molecule has 2 amide bonds. The van der Waals surface area contributed by atoms with Crippen LogP contribution in [0.15, 0.2) is 48.5 Å². The molecule has 0 saturated carbocycles. The number of hydrogen-bond donors (Lipinski definition) is 2. The molecular formula is C21H27N3O2. The summed E-state index contributed by atoms with van der Waals surface area (Å²) in [5, 5.41) is 5.92. The molecule has 3 rings (SSSR count). The smallest absolute Gasteiger partial charge is 0.319 e. The number of hydrogen-bond acceptors (Lipinski definition) is 3. The third-order valence-corrected chi connectivity index (χ3v) is 4.45. The summed E-state index contributed by atoms with van der Waals surface area (Å²) in [6, 6.07) is 15.8. The van der Waals surface area contributed by atoms with Crippen LogP contribution < -0.4 is 15.5 Å². The molecule has 0 radical (unpaired) electrons. The highest BCUT2D eigenvalue weighted by atomic mass is 16.5. The van der Waals surface area contributed by atoms with E-state index in [9.17, 15) is 4.79 Å². The van der Waals surface area contributed by atoms with Gasteiger partial charge in [0.15, 0.2) is 0 Å². The van der Waals surface area contributed by atoms with E-state index in [-0.39, 0.29) is 18.2 Å². The number of anilines is 2. The number of rotatable bonds is 4. The van der Waals surface area contributed by atoms with Crippen LogP contribution in [0.1, 0.15) is 25.0 Å². The summed E-state index contributed by atoms with van der Waals surface area (Å²) < 4.78 is 5.81. The third-order valence-electron chi connectivity index (χ3n) is 4.45. The molecule has 1 saturated heterocycles. The maximum absolute atomic E-state index is 12.4. The van der Waals surface area contributed by atoms with Crippen molar-refractivity contribution in [1.29, 1.82) is 0 Å². The lowest BCUT2D eigenvalue weighted by molar-refractivity contribution is -0.00517. The van der Waals surface area contributed by atoms with Crippen LogP contribution in [0.4, 0.5) is 16.2 Å². The second-order valence-corrected chi connectivity index (χ2v) is 6.98. The summed E-state index contributed by atoms with van der Waals surface area (Å²) in [5.74, 6) is 0. The predicted molar refractivity (Wildman–Crippen MR) is 106 cm³/mol. The van der Waals surface area contributed by atoms with Crippen LogP contribution in [0, 0.1) is 6.92 Å². The summed E-state index contributed by atoms with van der Waals surface area (Å²) in [7, 11) is 0. The minimum atomic E-state index is -0.201. The van der Waals surface area contributed by atoms with Gasteiger partial charge in [-0.25, -0.2) is 4.79 Å². The summed E-state index contributed by atoms with van der Waals surface area (Å²) in [5.41, 5.74) is 4.12.